The molecule has 0 unspecified atom stereocenters. The van der Waals surface area contributed by atoms with E-state index in [4.69, 9.17) is 4.74 Å². The smallest absolute Gasteiger partial charge is 0.227 e. The summed E-state index contributed by atoms with van der Waals surface area (Å²) in [7, 11) is 1.64. The van der Waals surface area contributed by atoms with Crippen molar-refractivity contribution in [3.05, 3.63) is 29.8 Å². The molecule has 5 heteroatoms. The molecule has 1 aliphatic heterocycles. The molecule has 0 N–H and O–H groups in total. The SMILES string of the molecule is COc1cccc(CC(=O)N2CCN(CCBr)CC2)c1. The minimum Gasteiger partial charge on any atom is -0.497 e. The molecule has 1 aliphatic rings. The lowest BCUT2D eigenvalue weighted by Gasteiger charge is -2.34. The molecule has 0 atom stereocenters. The summed E-state index contributed by atoms with van der Waals surface area (Å²) in [5.74, 6) is 1.01. The van der Waals surface area contributed by atoms with Gasteiger partial charge in [0.05, 0.1) is 13.5 Å². The van der Waals surface area contributed by atoms with Crippen molar-refractivity contribution < 1.29 is 9.53 Å². The van der Waals surface area contributed by atoms with E-state index >= 15 is 0 Å². The number of alkyl halides is 1. The van der Waals surface area contributed by atoms with Crippen LogP contribution >= 0.6 is 15.9 Å². The fraction of sp³-hybridized carbons (Fsp3) is 0.533. The van der Waals surface area contributed by atoms with E-state index in [0.717, 1.165) is 49.4 Å². The van der Waals surface area contributed by atoms with Crippen molar-refractivity contribution in [1.82, 2.24) is 9.80 Å². The Morgan fingerprint density at radius 1 is 1.30 bits per heavy atom. The maximum absolute atomic E-state index is 12.3. The van der Waals surface area contributed by atoms with E-state index in [1.165, 1.54) is 0 Å². The Balaban J connectivity index is 1.86. The Morgan fingerprint density at radius 3 is 2.70 bits per heavy atom. The molecule has 1 aromatic rings. The lowest BCUT2D eigenvalue weighted by atomic mass is 10.1. The van der Waals surface area contributed by atoms with Crippen molar-refractivity contribution in [2.75, 3.05) is 45.2 Å². The Kier molecular flexibility index (Phi) is 5.86. The van der Waals surface area contributed by atoms with Gasteiger partial charge in [0.1, 0.15) is 5.75 Å². The first-order valence-corrected chi connectivity index (χ1v) is 8.04. The molecule has 1 aromatic carbocycles. The quantitative estimate of drug-likeness (QED) is 0.766. The fourth-order valence-electron chi connectivity index (χ4n) is 2.41. The van der Waals surface area contributed by atoms with Crippen molar-refractivity contribution in [1.29, 1.82) is 0 Å². The van der Waals surface area contributed by atoms with Crippen molar-refractivity contribution in [3.63, 3.8) is 0 Å². The molecular weight excluding hydrogens is 320 g/mol. The first-order valence-electron chi connectivity index (χ1n) is 6.92. The standard InChI is InChI=1S/C15H21BrN2O2/c1-20-14-4-2-3-13(11-14)12-15(19)18-9-7-17(6-5-16)8-10-18/h2-4,11H,5-10,12H2,1H3. The zero-order valence-corrected chi connectivity index (χ0v) is 13.4. The average molecular weight is 341 g/mol. The van der Waals surface area contributed by atoms with E-state index in [2.05, 4.69) is 20.8 Å². The van der Waals surface area contributed by atoms with Gasteiger partial charge in [-0.1, -0.05) is 28.1 Å². The minimum atomic E-state index is 0.205. The van der Waals surface area contributed by atoms with Crippen molar-refractivity contribution in [2.24, 2.45) is 0 Å². The molecular formula is C15H21BrN2O2. The number of carbonyl (C=O) groups excluding carboxylic acids is 1. The highest BCUT2D eigenvalue weighted by Gasteiger charge is 2.20. The summed E-state index contributed by atoms with van der Waals surface area (Å²) in [6.07, 6.45) is 0.454. The zero-order chi connectivity index (χ0) is 14.4. The third kappa shape index (κ3) is 4.21. The number of carbonyl (C=O) groups is 1. The van der Waals surface area contributed by atoms with Crippen LogP contribution in [0.4, 0.5) is 0 Å². The molecule has 0 spiro atoms. The van der Waals surface area contributed by atoms with Gasteiger partial charge in [0, 0.05) is 38.1 Å². The highest BCUT2D eigenvalue weighted by molar-refractivity contribution is 9.09. The van der Waals surface area contributed by atoms with Crippen molar-refractivity contribution in [2.45, 2.75) is 6.42 Å². The summed E-state index contributed by atoms with van der Waals surface area (Å²) >= 11 is 3.45. The zero-order valence-electron chi connectivity index (χ0n) is 11.8. The number of benzene rings is 1. The van der Waals surface area contributed by atoms with Gasteiger partial charge in [0.15, 0.2) is 0 Å². The molecule has 4 nitrogen and oxygen atoms in total. The van der Waals surface area contributed by atoms with Crippen LogP contribution in [0.15, 0.2) is 24.3 Å². The Bertz CT molecular complexity index is 445. The topological polar surface area (TPSA) is 32.8 Å². The van der Waals surface area contributed by atoms with Gasteiger partial charge in [-0.3, -0.25) is 9.69 Å². The van der Waals surface area contributed by atoms with E-state index in [1.54, 1.807) is 7.11 Å². The number of rotatable bonds is 5. The fourth-order valence-corrected chi connectivity index (χ4v) is 2.91. The summed E-state index contributed by atoms with van der Waals surface area (Å²) < 4.78 is 5.19. The van der Waals surface area contributed by atoms with Crippen LogP contribution in [0.5, 0.6) is 5.75 Å². The van der Waals surface area contributed by atoms with Crippen LogP contribution in [0, 0.1) is 0 Å². The number of methoxy groups -OCH3 is 1. The average Bonchev–Trinajstić information content (AvgIpc) is 2.48. The summed E-state index contributed by atoms with van der Waals surface area (Å²) in [6, 6.07) is 7.73. The Hall–Kier alpha value is -1.07. The molecule has 110 valence electrons. The van der Waals surface area contributed by atoms with Gasteiger partial charge in [-0.2, -0.15) is 0 Å². The second kappa shape index (κ2) is 7.64. The van der Waals surface area contributed by atoms with Gasteiger partial charge in [-0.25, -0.2) is 0 Å². The van der Waals surface area contributed by atoms with Gasteiger partial charge in [-0.15, -0.1) is 0 Å². The predicted molar refractivity (Wildman–Crippen MR) is 83.5 cm³/mol. The second-order valence-corrected chi connectivity index (χ2v) is 5.73. The third-order valence-electron chi connectivity index (χ3n) is 3.62. The van der Waals surface area contributed by atoms with E-state index in [0.29, 0.717) is 6.42 Å². The number of ether oxygens (including phenoxy) is 1. The Labute approximate surface area is 128 Å². The lowest BCUT2D eigenvalue weighted by molar-refractivity contribution is -0.132. The van der Waals surface area contributed by atoms with Crippen LogP contribution in [0.2, 0.25) is 0 Å². The molecule has 0 bridgehead atoms. The molecule has 0 radical (unpaired) electrons. The highest BCUT2D eigenvalue weighted by atomic mass is 79.9. The summed E-state index contributed by atoms with van der Waals surface area (Å²) in [5.41, 5.74) is 1.01. The van der Waals surface area contributed by atoms with Crippen molar-refractivity contribution in [3.8, 4) is 5.75 Å². The molecule has 0 aliphatic carbocycles. The van der Waals surface area contributed by atoms with Crippen LogP contribution in [-0.2, 0) is 11.2 Å². The normalized spacial score (nSPS) is 16.2. The molecule has 1 heterocycles. The lowest BCUT2D eigenvalue weighted by Crippen LogP contribution is -2.49. The summed E-state index contributed by atoms with van der Waals surface area (Å²) in [5, 5.41) is 0.991. The van der Waals surface area contributed by atoms with E-state index in [9.17, 15) is 4.79 Å². The molecule has 20 heavy (non-hydrogen) atoms. The number of hydrogen-bond acceptors (Lipinski definition) is 3. The largest absolute Gasteiger partial charge is 0.497 e. The van der Waals surface area contributed by atoms with Crippen LogP contribution in [-0.4, -0.2) is 60.9 Å². The van der Waals surface area contributed by atoms with Gasteiger partial charge in [-0.05, 0) is 17.7 Å². The van der Waals surface area contributed by atoms with Crippen LogP contribution in [0.25, 0.3) is 0 Å². The van der Waals surface area contributed by atoms with Gasteiger partial charge >= 0.3 is 0 Å². The summed E-state index contributed by atoms with van der Waals surface area (Å²) in [4.78, 5) is 16.6. The van der Waals surface area contributed by atoms with E-state index in [-0.39, 0.29) is 5.91 Å². The maximum atomic E-state index is 12.3. The maximum Gasteiger partial charge on any atom is 0.227 e. The van der Waals surface area contributed by atoms with Gasteiger partial charge < -0.3 is 9.64 Å². The van der Waals surface area contributed by atoms with Crippen molar-refractivity contribution >= 4 is 21.8 Å². The van der Waals surface area contributed by atoms with Gasteiger partial charge in [0.25, 0.3) is 0 Å². The highest BCUT2D eigenvalue weighted by Crippen LogP contribution is 2.14. The number of nitrogens with zero attached hydrogens (tertiary/aromatic N) is 2. The number of halogens is 1. The molecule has 1 saturated heterocycles. The molecule has 0 aromatic heterocycles. The third-order valence-corrected chi connectivity index (χ3v) is 3.97. The molecule has 0 saturated carbocycles. The Morgan fingerprint density at radius 2 is 2.05 bits per heavy atom. The monoisotopic (exact) mass is 340 g/mol. The molecule has 2 rings (SSSR count). The predicted octanol–water partition coefficient (Wildman–Crippen LogP) is 1.78. The molecule has 1 amide bonds. The van der Waals surface area contributed by atoms with Crippen LogP contribution < -0.4 is 4.74 Å². The minimum absolute atomic E-state index is 0.205. The second-order valence-electron chi connectivity index (χ2n) is 4.94. The van der Waals surface area contributed by atoms with E-state index < -0.39 is 0 Å². The first kappa shape index (κ1) is 15.3. The number of hydrogen-bond donors (Lipinski definition) is 0. The van der Waals surface area contributed by atoms with Crippen LogP contribution in [0.3, 0.4) is 0 Å². The van der Waals surface area contributed by atoms with E-state index in [1.807, 2.05) is 29.2 Å². The first-order chi connectivity index (χ1) is 9.72. The van der Waals surface area contributed by atoms with Crippen LogP contribution in [0.1, 0.15) is 5.56 Å². The molecule has 1 fully saturated rings. The number of amides is 1. The number of piperazine rings is 1. The van der Waals surface area contributed by atoms with Gasteiger partial charge in [0.2, 0.25) is 5.91 Å². The summed E-state index contributed by atoms with van der Waals surface area (Å²) in [6.45, 7) is 4.65.